The highest BCUT2D eigenvalue weighted by molar-refractivity contribution is 7.89. The van der Waals surface area contributed by atoms with E-state index in [1.165, 1.54) is 10.4 Å². The van der Waals surface area contributed by atoms with Crippen LogP contribution in [0.15, 0.2) is 23.1 Å². The van der Waals surface area contributed by atoms with Crippen LogP contribution in [0.1, 0.15) is 45.4 Å². The van der Waals surface area contributed by atoms with Crippen molar-refractivity contribution in [2.75, 3.05) is 19.7 Å². The number of ether oxygens (including phenoxy) is 1. The monoisotopic (exact) mass is 414 g/mol. The number of nitrogens with one attached hydrogen (secondary N) is 1. The number of hydrogen-bond donors (Lipinski definition) is 1. The average molecular weight is 415 g/mol. The normalized spacial score (nSPS) is 21.9. The molecule has 1 aromatic rings. The van der Waals surface area contributed by atoms with E-state index >= 15 is 0 Å². The molecule has 0 aromatic heterocycles. The molecule has 2 fully saturated rings. The lowest BCUT2D eigenvalue weighted by Crippen LogP contribution is -2.47. The first-order valence-corrected chi connectivity index (χ1v) is 11.5. The predicted molar refractivity (Wildman–Crippen MR) is 105 cm³/mol. The number of carbonyl (C=O) groups is 1. The lowest BCUT2D eigenvalue weighted by Gasteiger charge is -2.32. The summed E-state index contributed by atoms with van der Waals surface area (Å²) < 4.78 is 33.3. The van der Waals surface area contributed by atoms with Gasteiger partial charge in [-0.2, -0.15) is 4.31 Å². The molecule has 0 bridgehead atoms. The minimum Gasteiger partial charge on any atom is -0.492 e. The Hall–Kier alpha value is -1.31. The van der Waals surface area contributed by atoms with E-state index in [1.807, 2.05) is 0 Å². The molecule has 1 saturated heterocycles. The van der Waals surface area contributed by atoms with Gasteiger partial charge in [-0.1, -0.05) is 24.4 Å². The fourth-order valence-electron chi connectivity index (χ4n) is 3.86. The molecule has 3 rings (SSSR count). The maximum atomic E-state index is 13.2. The molecular weight excluding hydrogens is 388 g/mol. The first-order chi connectivity index (χ1) is 12.9. The minimum absolute atomic E-state index is 0.0297. The Balaban J connectivity index is 1.76. The molecule has 0 unspecified atom stereocenters. The van der Waals surface area contributed by atoms with Crippen LogP contribution in [0.5, 0.6) is 5.75 Å². The third kappa shape index (κ3) is 4.76. The Morgan fingerprint density at radius 2 is 2.00 bits per heavy atom. The van der Waals surface area contributed by atoms with Crippen LogP contribution in [-0.2, 0) is 14.8 Å². The van der Waals surface area contributed by atoms with Crippen molar-refractivity contribution >= 4 is 27.5 Å². The van der Waals surface area contributed by atoms with Crippen molar-refractivity contribution in [3.8, 4) is 5.75 Å². The van der Waals surface area contributed by atoms with E-state index < -0.39 is 10.0 Å². The predicted octanol–water partition coefficient (Wildman–Crippen LogP) is 3.20. The zero-order chi connectivity index (χ0) is 19.4. The molecule has 6 nitrogen and oxygen atoms in total. The van der Waals surface area contributed by atoms with Crippen molar-refractivity contribution in [2.24, 2.45) is 5.92 Å². The molecule has 2 aliphatic rings. The molecule has 1 N–H and O–H groups in total. The molecule has 27 heavy (non-hydrogen) atoms. The molecule has 1 heterocycles. The number of amides is 1. The van der Waals surface area contributed by atoms with E-state index in [0.29, 0.717) is 36.8 Å². The molecule has 1 atom stereocenters. The Bertz CT molecular complexity index is 778. The number of piperidine rings is 1. The van der Waals surface area contributed by atoms with E-state index in [2.05, 4.69) is 5.32 Å². The second kappa shape index (κ2) is 8.80. The van der Waals surface area contributed by atoms with Crippen LogP contribution in [0.2, 0.25) is 5.02 Å². The van der Waals surface area contributed by atoms with Crippen molar-refractivity contribution in [2.45, 2.75) is 56.4 Å². The van der Waals surface area contributed by atoms with Crippen molar-refractivity contribution in [3.05, 3.63) is 23.2 Å². The number of rotatable bonds is 6. The fraction of sp³-hybridized carbons (Fsp3) is 0.632. The molecule has 0 spiro atoms. The lowest BCUT2D eigenvalue weighted by molar-refractivity contribution is -0.126. The smallest absolute Gasteiger partial charge is 0.246 e. The van der Waals surface area contributed by atoms with Gasteiger partial charge in [0.25, 0.3) is 0 Å². The highest BCUT2D eigenvalue weighted by Crippen LogP contribution is 2.32. The van der Waals surface area contributed by atoms with Gasteiger partial charge in [0.05, 0.1) is 12.5 Å². The molecule has 8 heteroatoms. The highest BCUT2D eigenvalue weighted by atomic mass is 35.5. The largest absolute Gasteiger partial charge is 0.492 e. The standard InChI is InChI=1S/C19H27ClN2O4S/c1-2-26-17-10-9-15(20)12-18(17)27(24,25)22-11-5-6-14(13-22)19(23)21-16-7-3-4-8-16/h9-10,12,14,16H,2-8,11,13H2,1H3,(H,21,23)/t14-/m0/s1. The number of nitrogens with zero attached hydrogens (tertiary/aromatic N) is 1. The number of sulfonamides is 1. The number of carbonyl (C=O) groups excluding carboxylic acids is 1. The topological polar surface area (TPSA) is 75.7 Å². The summed E-state index contributed by atoms with van der Waals surface area (Å²) in [6.45, 7) is 2.75. The van der Waals surface area contributed by atoms with E-state index in [0.717, 1.165) is 25.7 Å². The zero-order valence-electron chi connectivity index (χ0n) is 15.6. The summed E-state index contributed by atoms with van der Waals surface area (Å²) in [6.07, 6.45) is 5.68. The van der Waals surface area contributed by atoms with Gasteiger partial charge < -0.3 is 10.1 Å². The first-order valence-electron chi connectivity index (χ1n) is 9.64. The van der Waals surface area contributed by atoms with Crippen LogP contribution in [0, 0.1) is 5.92 Å². The van der Waals surface area contributed by atoms with Gasteiger partial charge in [0.15, 0.2) is 0 Å². The van der Waals surface area contributed by atoms with Gasteiger partial charge in [-0.25, -0.2) is 8.42 Å². The Morgan fingerprint density at radius 1 is 1.26 bits per heavy atom. The van der Waals surface area contributed by atoms with E-state index in [1.54, 1.807) is 19.1 Å². The Morgan fingerprint density at radius 3 is 2.70 bits per heavy atom. The fourth-order valence-corrected chi connectivity index (χ4v) is 5.78. The minimum atomic E-state index is -3.79. The van der Waals surface area contributed by atoms with Crippen LogP contribution in [0.4, 0.5) is 0 Å². The summed E-state index contributed by atoms with van der Waals surface area (Å²) in [4.78, 5) is 12.7. The maximum Gasteiger partial charge on any atom is 0.246 e. The van der Waals surface area contributed by atoms with Crippen molar-refractivity contribution in [1.29, 1.82) is 0 Å². The lowest BCUT2D eigenvalue weighted by atomic mass is 9.98. The van der Waals surface area contributed by atoms with E-state index in [-0.39, 0.29) is 29.3 Å². The van der Waals surface area contributed by atoms with Gasteiger partial charge in [0, 0.05) is 24.2 Å². The molecule has 1 amide bonds. The van der Waals surface area contributed by atoms with Crippen molar-refractivity contribution in [3.63, 3.8) is 0 Å². The van der Waals surface area contributed by atoms with Crippen LogP contribution < -0.4 is 10.1 Å². The van der Waals surface area contributed by atoms with Gasteiger partial charge >= 0.3 is 0 Å². The summed E-state index contributed by atoms with van der Waals surface area (Å²) in [5.41, 5.74) is 0. The van der Waals surface area contributed by atoms with Crippen LogP contribution in [0.3, 0.4) is 0 Å². The second-order valence-corrected chi connectivity index (χ2v) is 9.56. The summed E-state index contributed by atoms with van der Waals surface area (Å²) in [5, 5.41) is 3.43. The van der Waals surface area contributed by atoms with Gasteiger partial charge in [0.2, 0.25) is 15.9 Å². The summed E-state index contributed by atoms with van der Waals surface area (Å²) >= 11 is 6.03. The molecule has 150 valence electrons. The zero-order valence-corrected chi connectivity index (χ0v) is 17.2. The van der Waals surface area contributed by atoms with Gasteiger partial charge in [-0.3, -0.25) is 4.79 Å². The third-order valence-corrected chi connectivity index (χ3v) is 7.40. The molecule has 1 aromatic carbocycles. The number of benzene rings is 1. The molecular formula is C19H27ClN2O4S. The third-order valence-electron chi connectivity index (χ3n) is 5.28. The molecule has 1 aliphatic heterocycles. The van der Waals surface area contributed by atoms with Crippen molar-refractivity contribution in [1.82, 2.24) is 9.62 Å². The quantitative estimate of drug-likeness (QED) is 0.775. The maximum absolute atomic E-state index is 13.2. The SMILES string of the molecule is CCOc1ccc(Cl)cc1S(=O)(=O)N1CCC[C@H](C(=O)NC2CCCC2)C1. The summed E-state index contributed by atoms with van der Waals surface area (Å²) in [5.74, 6) is -0.0544. The van der Waals surface area contributed by atoms with Crippen LogP contribution >= 0.6 is 11.6 Å². The van der Waals surface area contributed by atoms with E-state index in [9.17, 15) is 13.2 Å². The van der Waals surface area contributed by atoms with E-state index in [4.69, 9.17) is 16.3 Å². The molecule has 1 aliphatic carbocycles. The van der Waals surface area contributed by atoms with Crippen molar-refractivity contribution < 1.29 is 17.9 Å². The Labute approximate surface area is 166 Å². The van der Waals surface area contributed by atoms with Crippen LogP contribution in [0.25, 0.3) is 0 Å². The number of halogens is 1. The second-order valence-electron chi connectivity index (χ2n) is 7.22. The average Bonchev–Trinajstić information content (AvgIpc) is 3.16. The Kier molecular flexibility index (Phi) is 6.65. The van der Waals surface area contributed by atoms with Gasteiger partial charge in [-0.15, -0.1) is 0 Å². The van der Waals surface area contributed by atoms with Crippen LogP contribution in [-0.4, -0.2) is 44.4 Å². The first kappa shape index (κ1) is 20.4. The molecule has 0 radical (unpaired) electrons. The number of hydrogen-bond acceptors (Lipinski definition) is 4. The highest BCUT2D eigenvalue weighted by Gasteiger charge is 2.35. The van der Waals surface area contributed by atoms with Gasteiger partial charge in [-0.05, 0) is 50.8 Å². The van der Waals surface area contributed by atoms with Gasteiger partial charge in [0.1, 0.15) is 10.6 Å². The summed E-state index contributed by atoms with van der Waals surface area (Å²) in [6, 6.07) is 4.85. The molecule has 1 saturated carbocycles. The summed E-state index contributed by atoms with van der Waals surface area (Å²) in [7, 11) is -3.79.